The monoisotopic (exact) mass is 246 g/mol. The SMILES string of the molecule is C=CC(C)CCCCOC(C)(C)c1ccccc1. The predicted molar refractivity (Wildman–Crippen MR) is 78.6 cm³/mol. The molecule has 0 radical (unpaired) electrons. The molecule has 0 fully saturated rings. The normalized spacial score (nSPS) is 13.3. The van der Waals surface area contributed by atoms with Gasteiger partial charge in [-0.05, 0) is 38.2 Å². The minimum Gasteiger partial charge on any atom is -0.371 e. The van der Waals surface area contributed by atoms with E-state index in [1.807, 2.05) is 12.1 Å². The van der Waals surface area contributed by atoms with Crippen molar-refractivity contribution in [2.24, 2.45) is 5.92 Å². The Labute approximate surface area is 112 Å². The second kappa shape index (κ2) is 7.38. The fraction of sp³-hybridized carbons (Fsp3) is 0.529. The molecule has 0 heterocycles. The maximum absolute atomic E-state index is 6.01. The Morgan fingerprint density at radius 3 is 2.50 bits per heavy atom. The van der Waals surface area contributed by atoms with Gasteiger partial charge in [-0.2, -0.15) is 0 Å². The Morgan fingerprint density at radius 1 is 1.22 bits per heavy atom. The Balaban J connectivity index is 2.28. The summed E-state index contributed by atoms with van der Waals surface area (Å²) in [5, 5.41) is 0. The summed E-state index contributed by atoms with van der Waals surface area (Å²) in [5.41, 5.74) is 1.05. The maximum atomic E-state index is 6.01. The molecular formula is C17H26O. The highest BCUT2D eigenvalue weighted by Crippen LogP contribution is 2.24. The van der Waals surface area contributed by atoms with Crippen LogP contribution < -0.4 is 0 Å². The Hall–Kier alpha value is -1.08. The van der Waals surface area contributed by atoms with E-state index in [-0.39, 0.29) is 5.60 Å². The minimum absolute atomic E-state index is 0.189. The van der Waals surface area contributed by atoms with Crippen LogP contribution in [0.1, 0.15) is 45.6 Å². The van der Waals surface area contributed by atoms with Gasteiger partial charge in [-0.3, -0.25) is 0 Å². The van der Waals surface area contributed by atoms with Crippen molar-refractivity contribution in [3.8, 4) is 0 Å². The first-order chi connectivity index (χ1) is 8.56. The van der Waals surface area contributed by atoms with Gasteiger partial charge in [-0.1, -0.05) is 49.8 Å². The molecule has 1 aromatic carbocycles. The van der Waals surface area contributed by atoms with Gasteiger partial charge in [-0.25, -0.2) is 0 Å². The van der Waals surface area contributed by atoms with Crippen LogP contribution in [0.25, 0.3) is 0 Å². The standard InChI is InChI=1S/C17H26O/c1-5-15(2)11-9-10-14-18-17(3,4)16-12-7-6-8-13-16/h5-8,12-13,15H,1,9-11,14H2,2-4H3. The van der Waals surface area contributed by atoms with E-state index < -0.39 is 0 Å². The summed E-state index contributed by atoms with van der Waals surface area (Å²) in [4.78, 5) is 0. The quantitative estimate of drug-likeness (QED) is 0.467. The number of hydrogen-bond donors (Lipinski definition) is 0. The van der Waals surface area contributed by atoms with Crippen LogP contribution in [0.2, 0.25) is 0 Å². The van der Waals surface area contributed by atoms with Crippen molar-refractivity contribution in [1.82, 2.24) is 0 Å². The van der Waals surface area contributed by atoms with Crippen LogP contribution in [0.15, 0.2) is 43.0 Å². The first-order valence-corrected chi connectivity index (χ1v) is 6.88. The molecule has 1 heteroatoms. The molecule has 0 N–H and O–H groups in total. The van der Waals surface area contributed by atoms with Crippen molar-refractivity contribution >= 4 is 0 Å². The molecule has 100 valence electrons. The highest BCUT2D eigenvalue weighted by Gasteiger charge is 2.20. The van der Waals surface area contributed by atoms with E-state index in [1.54, 1.807) is 0 Å². The third-order valence-electron chi connectivity index (χ3n) is 3.39. The molecule has 1 rings (SSSR count). The molecule has 0 saturated carbocycles. The third kappa shape index (κ3) is 5.05. The maximum Gasteiger partial charge on any atom is 0.0875 e. The number of ether oxygens (including phenoxy) is 1. The van der Waals surface area contributed by atoms with E-state index in [4.69, 9.17) is 4.74 Å². The first-order valence-electron chi connectivity index (χ1n) is 6.88. The van der Waals surface area contributed by atoms with Gasteiger partial charge in [0.25, 0.3) is 0 Å². The van der Waals surface area contributed by atoms with Crippen molar-refractivity contribution < 1.29 is 4.74 Å². The Morgan fingerprint density at radius 2 is 1.89 bits per heavy atom. The zero-order valence-corrected chi connectivity index (χ0v) is 12.0. The van der Waals surface area contributed by atoms with Gasteiger partial charge >= 0.3 is 0 Å². The van der Waals surface area contributed by atoms with Crippen LogP contribution in [0.3, 0.4) is 0 Å². The summed E-state index contributed by atoms with van der Waals surface area (Å²) in [7, 11) is 0. The van der Waals surface area contributed by atoms with Gasteiger partial charge in [0.2, 0.25) is 0 Å². The minimum atomic E-state index is -0.189. The number of hydrogen-bond acceptors (Lipinski definition) is 1. The largest absolute Gasteiger partial charge is 0.371 e. The molecule has 1 unspecified atom stereocenters. The van der Waals surface area contributed by atoms with Crippen LogP contribution in [0.5, 0.6) is 0 Å². The number of benzene rings is 1. The van der Waals surface area contributed by atoms with Gasteiger partial charge in [-0.15, -0.1) is 6.58 Å². The zero-order valence-electron chi connectivity index (χ0n) is 12.0. The fourth-order valence-corrected chi connectivity index (χ4v) is 1.94. The van der Waals surface area contributed by atoms with Crippen molar-refractivity contribution in [3.63, 3.8) is 0 Å². The Kier molecular flexibility index (Phi) is 6.14. The molecule has 0 aliphatic heterocycles. The van der Waals surface area contributed by atoms with Crippen molar-refractivity contribution in [3.05, 3.63) is 48.6 Å². The zero-order chi connectivity index (χ0) is 13.4. The number of unbranched alkanes of at least 4 members (excludes halogenated alkanes) is 1. The average Bonchev–Trinajstić information content (AvgIpc) is 2.39. The molecule has 1 atom stereocenters. The lowest BCUT2D eigenvalue weighted by atomic mass is 9.98. The molecule has 1 nitrogen and oxygen atoms in total. The van der Waals surface area contributed by atoms with Crippen LogP contribution in [0.4, 0.5) is 0 Å². The molecule has 18 heavy (non-hydrogen) atoms. The highest BCUT2D eigenvalue weighted by molar-refractivity contribution is 5.20. The lowest BCUT2D eigenvalue weighted by molar-refractivity contribution is -0.0235. The molecule has 0 bridgehead atoms. The van der Waals surface area contributed by atoms with E-state index >= 15 is 0 Å². The molecule has 0 aliphatic carbocycles. The van der Waals surface area contributed by atoms with E-state index in [1.165, 1.54) is 18.4 Å². The van der Waals surface area contributed by atoms with Crippen molar-refractivity contribution in [2.45, 2.75) is 45.6 Å². The van der Waals surface area contributed by atoms with Crippen LogP contribution in [-0.4, -0.2) is 6.61 Å². The summed E-state index contributed by atoms with van der Waals surface area (Å²) < 4.78 is 6.01. The Bertz CT molecular complexity index is 340. The fourth-order valence-electron chi connectivity index (χ4n) is 1.94. The summed E-state index contributed by atoms with van der Waals surface area (Å²) >= 11 is 0. The number of allylic oxidation sites excluding steroid dienone is 1. The third-order valence-corrected chi connectivity index (χ3v) is 3.39. The summed E-state index contributed by atoms with van der Waals surface area (Å²) in [5.74, 6) is 0.618. The molecule has 1 aromatic rings. The predicted octanol–water partition coefficient (Wildman–Crippen LogP) is 4.93. The summed E-state index contributed by atoms with van der Waals surface area (Å²) in [6, 6.07) is 10.4. The topological polar surface area (TPSA) is 9.23 Å². The molecule has 0 aliphatic rings. The summed E-state index contributed by atoms with van der Waals surface area (Å²) in [6.45, 7) is 11.1. The van der Waals surface area contributed by atoms with E-state index in [0.29, 0.717) is 5.92 Å². The van der Waals surface area contributed by atoms with Gasteiger partial charge in [0, 0.05) is 6.61 Å². The molecular weight excluding hydrogens is 220 g/mol. The molecule has 0 amide bonds. The first kappa shape index (κ1) is 15.0. The van der Waals surface area contributed by atoms with E-state index in [0.717, 1.165) is 13.0 Å². The second-order valence-electron chi connectivity index (χ2n) is 5.43. The lowest BCUT2D eigenvalue weighted by Gasteiger charge is -2.26. The summed E-state index contributed by atoms with van der Waals surface area (Å²) in [6.07, 6.45) is 5.56. The van der Waals surface area contributed by atoms with Crippen molar-refractivity contribution in [2.75, 3.05) is 6.61 Å². The lowest BCUT2D eigenvalue weighted by Crippen LogP contribution is -2.22. The smallest absolute Gasteiger partial charge is 0.0875 e. The van der Waals surface area contributed by atoms with E-state index in [2.05, 4.69) is 51.6 Å². The van der Waals surface area contributed by atoms with Crippen LogP contribution in [-0.2, 0) is 10.3 Å². The highest BCUT2D eigenvalue weighted by atomic mass is 16.5. The van der Waals surface area contributed by atoms with Gasteiger partial charge in [0.1, 0.15) is 0 Å². The second-order valence-corrected chi connectivity index (χ2v) is 5.43. The molecule has 0 saturated heterocycles. The average molecular weight is 246 g/mol. The number of rotatable bonds is 8. The van der Waals surface area contributed by atoms with Gasteiger partial charge < -0.3 is 4.74 Å². The van der Waals surface area contributed by atoms with Crippen LogP contribution in [0, 0.1) is 5.92 Å². The molecule has 0 spiro atoms. The van der Waals surface area contributed by atoms with Crippen molar-refractivity contribution in [1.29, 1.82) is 0 Å². The van der Waals surface area contributed by atoms with Gasteiger partial charge in [0.05, 0.1) is 5.60 Å². The van der Waals surface area contributed by atoms with Gasteiger partial charge in [0.15, 0.2) is 0 Å². The molecule has 0 aromatic heterocycles. The van der Waals surface area contributed by atoms with E-state index in [9.17, 15) is 0 Å². The van der Waals surface area contributed by atoms with Crippen LogP contribution >= 0.6 is 0 Å².